The van der Waals surface area contributed by atoms with E-state index >= 15 is 0 Å². The van der Waals surface area contributed by atoms with E-state index in [0.29, 0.717) is 5.56 Å². The van der Waals surface area contributed by atoms with Crippen molar-refractivity contribution in [3.05, 3.63) is 72.0 Å². The van der Waals surface area contributed by atoms with Gasteiger partial charge in [-0.25, -0.2) is 4.79 Å². The molecule has 1 aromatic heterocycles. The van der Waals surface area contributed by atoms with Crippen molar-refractivity contribution in [2.24, 2.45) is 0 Å². The van der Waals surface area contributed by atoms with Gasteiger partial charge in [-0.1, -0.05) is 23.7 Å². The van der Waals surface area contributed by atoms with Crippen molar-refractivity contribution < 1.29 is 4.92 Å². The van der Waals surface area contributed by atoms with Gasteiger partial charge in [0.05, 0.1) is 11.5 Å². The van der Waals surface area contributed by atoms with E-state index in [4.69, 9.17) is 11.6 Å². The number of nitro benzene ring substituents is 1. The second kappa shape index (κ2) is 5.07. The maximum Gasteiger partial charge on any atom is 0.328 e. The molecule has 1 heterocycles. The number of nitrogens with zero attached hydrogens (tertiary/aromatic N) is 2. The van der Waals surface area contributed by atoms with Crippen LogP contribution in [-0.4, -0.2) is 14.5 Å². The highest BCUT2D eigenvalue weighted by molar-refractivity contribution is 6.30. The van der Waals surface area contributed by atoms with E-state index in [1.807, 2.05) is 0 Å². The SMILES string of the molecule is O=c1[nH]c(=O)n(Cc2ccc([N+](=O)[O-])cc2)cc1Cl. The molecule has 0 saturated heterocycles. The Bertz CT molecular complexity index is 733. The van der Waals surface area contributed by atoms with Crippen molar-refractivity contribution in [2.75, 3.05) is 0 Å². The second-order valence-electron chi connectivity index (χ2n) is 3.79. The molecular weight excluding hydrogens is 274 g/mol. The van der Waals surface area contributed by atoms with Crippen LogP contribution in [0.4, 0.5) is 5.69 Å². The number of nitro groups is 1. The summed E-state index contributed by atoms with van der Waals surface area (Å²) in [5, 5.41) is 10.4. The third-order valence-electron chi connectivity index (χ3n) is 2.47. The van der Waals surface area contributed by atoms with Crippen LogP contribution in [0.25, 0.3) is 0 Å². The van der Waals surface area contributed by atoms with Gasteiger partial charge in [-0.15, -0.1) is 0 Å². The smallest absolute Gasteiger partial charge is 0.295 e. The van der Waals surface area contributed by atoms with Crippen molar-refractivity contribution in [2.45, 2.75) is 6.54 Å². The lowest BCUT2D eigenvalue weighted by molar-refractivity contribution is -0.384. The van der Waals surface area contributed by atoms with Crippen LogP contribution in [-0.2, 0) is 6.54 Å². The number of aromatic nitrogens is 2. The predicted molar refractivity (Wildman–Crippen MR) is 68.5 cm³/mol. The van der Waals surface area contributed by atoms with Crippen LogP contribution in [0.15, 0.2) is 40.1 Å². The first-order valence-electron chi connectivity index (χ1n) is 5.20. The Hall–Kier alpha value is -2.41. The Morgan fingerprint density at radius 3 is 2.47 bits per heavy atom. The first-order chi connectivity index (χ1) is 8.97. The van der Waals surface area contributed by atoms with Crippen molar-refractivity contribution in [1.82, 2.24) is 9.55 Å². The lowest BCUT2D eigenvalue weighted by Gasteiger charge is -2.05. The molecule has 0 saturated carbocycles. The van der Waals surface area contributed by atoms with E-state index in [9.17, 15) is 19.7 Å². The van der Waals surface area contributed by atoms with Gasteiger partial charge in [-0.05, 0) is 5.56 Å². The molecule has 0 bridgehead atoms. The number of hydrogen-bond donors (Lipinski definition) is 1. The number of H-pyrrole nitrogens is 1. The van der Waals surface area contributed by atoms with Crippen LogP contribution < -0.4 is 11.2 Å². The Morgan fingerprint density at radius 1 is 1.26 bits per heavy atom. The molecule has 0 unspecified atom stereocenters. The van der Waals surface area contributed by atoms with Crippen molar-refractivity contribution in [1.29, 1.82) is 0 Å². The second-order valence-corrected chi connectivity index (χ2v) is 4.19. The summed E-state index contributed by atoms with van der Waals surface area (Å²) >= 11 is 5.63. The molecule has 0 amide bonds. The lowest BCUT2D eigenvalue weighted by atomic mass is 10.2. The highest BCUT2D eigenvalue weighted by Crippen LogP contribution is 2.12. The fourth-order valence-electron chi connectivity index (χ4n) is 1.52. The standard InChI is InChI=1S/C11H8ClN3O4/c12-9-6-14(11(17)13-10(9)16)5-7-1-3-8(4-2-7)15(18)19/h1-4,6H,5H2,(H,13,16,17). The van der Waals surface area contributed by atoms with Crippen molar-refractivity contribution in [3.8, 4) is 0 Å². The molecule has 0 fully saturated rings. The number of aromatic amines is 1. The summed E-state index contributed by atoms with van der Waals surface area (Å²) in [5.74, 6) is 0. The van der Waals surface area contributed by atoms with Crippen molar-refractivity contribution >= 4 is 17.3 Å². The van der Waals surface area contributed by atoms with Gasteiger partial charge in [-0.3, -0.25) is 24.5 Å². The van der Waals surface area contributed by atoms with Crippen LogP contribution in [0.2, 0.25) is 5.02 Å². The molecule has 2 aromatic rings. The zero-order valence-electron chi connectivity index (χ0n) is 9.50. The molecule has 0 radical (unpaired) electrons. The van der Waals surface area contributed by atoms with E-state index in [2.05, 4.69) is 4.98 Å². The maximum atomic E-state index is 11.5. The molecule has 0 aliphatic rings. The van der Waals surface area contributed by atoms with Crippen LogP contribution in [0.3, 0.4) is 0 Å². The van der Waals surface area contributed by atoms with Crippen LogP contribution in [0, 0.1) is 10.1 Å². The van der Waals surface area contributed by atoms with Gasteiger partial charge in [0.25, 0.3) is 11.2 Å². The van der Waals surface area contributed by atoms with Gasteiger partial charge >= 0.3 is 5.69 Å². The van der Waals surface area contributed by atoms with Crippen LogP contribution in [0.5, 0.6) is 0 Å². The van der Waals surface area contributed by atoms with E-state index in [1.165, 1.54) is 35.0 Å². The Balaban J connectivity index is 2.31. The van der Waals surface area contributed by atoms with Gasteiger partial charge < -0.3 is 0 Å². The molecule has 0 spiro atoms. The molecule has 2 rings (SSSR count). The molecule has 0 atom stereocenters. The molecule has 0 aliphatic heterocycles. The zero-order valence-corrected chi connectivity index (χ0v) is 10.3. The van der Waals surface area contributed by atoms with Crippen molar-refractivity contribution in [3.63, 3.8) is 0 Å². The molecule has 1 aromatic carbocycles. The summed E-state index contributed by atoms with van der Waals surface area (Å²) < 4.78 is 1.21. The minimum absolute atomic E-state index is 0.0319. The minimum Gasteiger partial charge on any atom is -0.295 e. The zero-order chi connectivity index (χ0) is 14.0. The first kappa shape index (κ1) is 13.0. The average Bonchev–Trinajstić information content (AvgIpc) is 2.36. The number of rotatable bonds is 3. The van der Waals surface area contributed by atoms with Crippen LogP contribution >= 0.6 is 11.6 Å². The molecule has 7 nitrogen and oxygen atoms in total. The third-order valence-corrected chi connectivity index (χ3v) is 2.74. The van der Waals surface area contributed by atoms with E-state index in [-0.39, 0.29) is 17.3 Å². The average molecular weight is 282 g/mol. The summed E-state index contributed by atoms with van der Waals surface area (Å²) in [6.07, 6.45) is 1.23. The number of non-ortho nitro benzene ring substituents is 1. The Labute approximate surface area is 111 Å². The van der Waals surface area contributed by atoms with Gasteiger partial charge in [0, 0.05) is 18.3 Å². The highest BCUT2D eigenvalue weighted by Gasteiger charge is 2.06. The number of hydrogen-bond acceptors (Lipinski definition) is 4. The molecule has 0 aliphatic carbocycles. The Kier molecular flexibility index (Phi) is 3.48. The maximum absolute atomic E-state index is 11.5. The normalized spacial score (nSPS) is 10.4. The summed E-state index contributed by atoms with van der Waals surface area (Å²) in [5.41, 5.74) is -0.592. The van der Waals surface area contributed by atoms with Gasteiger partial charge in [-0.2, -0.15) is 0 Å². The quantitative estimate of drug-likeness (QED) is 0.674. The summed E-state index contributed by atoms with van der Waals surface area (Å²) in [4.78, 5) is 34.7. The first-order valence-corrected chi connectivity index (χ1v) is 5.58. The monoisotopic (exact) mass is 281 g/mol. The number of nitrogens with one attached hydrogen (secondary N) is 1. The fraction of sp³-hybridized carbons (Fsp3) is 0.0909. The lowest BCUT2D eigenvalue weighted by Crippen LogP contribution is -2.29. The summed E-state index contributed by atoms with van der Waals surface area (Å²) in [7, 11) is 0. The Morgan fingerprint density at radius 2 is 1.89 bits per heavy atom. The molecule has 98 valence electrons. The summed E-state index contributed by atoms with van der Waals surface area (Å²) in [6.45, 7) is 0.160. The van der Waals surface area contributed by atoms with E-state index in [1.54, 1.807) is 0 Å². The fourth-order valence-corrected chi connectivity index (χ4v) is 1.68. The largest absolute Gasteiger partial charge is 0.328 e. The minimum atomic E-state index is -0.647. The molecule has 19 heavy (non-hydrogen) atoms. The number of benzene rings is 1. The van der Waals surface area contributed by atoms with Gasteiger partial charge in [0.1, 0.15) is 5.02 Å². The number of halogens is 1. The topological polar surface area (TPSA) is 98.0 Å². The third kappa shape index (κ3) is 2.89. The molecule has 8 heteroatoms. The van der Waals surface area contributed by atoms with E-state index in [0.717, 1.165) is 0 Å². The molecular formula is C11H8ClN3O4. The molecule has 1 N–H and O–H groups in total. The predicted octanol–water partition coefficient (Wildman–Crippen LogP) is 1.15. The highest BCUT2D eigenvalue weighted by atomic mass is 35.5. The van der Waals surface area contributed by atoms with E-state index < -0.39 is 16.2 Å². The summed E-state index contributed by atoms with van der Waals surface area (Å²) in [6, 6.07) is 5.74. The van der Waals surface area contributed by atoms with Gasteiger partial charge in [0.15, 0.2) is 0 Å². The van der Waals surface area contributed by atoms with Crippen LogP contribution in [0.1, 0.15) is 5.56 Å². The van der Waals surface area contributed by atoms with Gasteiger partial charge in [0.2, 0.25) is 0 Å².